The van der Waals surface area contributed by atoms with E-state index in [1.807, 2.05) is 16.1 Å². The molecular formula is C26H22F6N8O3. The third kappa shape index (κ3) is 6.38. The van der Waals surface area contributed by atoms with Crippen LogP contribution in [0.3, 0.4) is 0 Å². The van der Waals surface area contributed by atoms with Crippen molar-refractivity contribution in [2.45, 2.75) is 18.5 Å². The number of fused-ring (bicyclic) bond motifs is 1. The van der Waals surface area contributed by atoms with Gasteiger partial charge in [-0.3, -0.25) is 9.69 Å². The molecule has 0 amide bonds. The molecule has 2 atom stereocenters. The first kappa shape index (κ1) is 29.8. The summed E-state index contributed by atoms with van der Waals surface area (Å²) in [6.45, 7) is 1.74. The number of hydrogen-bond acceptors (Lipinski definition) is 10. The monoisotopic (exact) mass is 608 g/mol. The molecule has 0 saturated carbocycles. The maximum absolute atomic E-state index is 13.5. The summed E-state index contributed by atoms with van der Waals surface area (Å²) < 4.78 is 84.9. The lowest BCUT2D eigenvalue weighted by atomic mass is 9.99. The van der Waals surface area contributed by atoms with Crippen LogP contribution in [0, 0.1) is 17.2 Å². The van der Waals surface area contributed by atoms with E-state index in [0.29, 0.717) is 44.7 Å². The highest BCUT2D eigenvalue weighted by Gasteiger charge is 2.38. The number of aromatic nitrogens is 4. The number of benzene rings is 1. The highest BCUT2D eigenvalue weighted by molar-refractivity contribution is 5.71. The van der Waals surface area contributed by atoms with Crippen molar-refractivity contribution in [1.82, 2.24) is 25.1 Å². The number of aromatic amines is 1. The Morgan fingerprint density at radius 2 is 1.79 bits per heavy atom. The molecule has 5 rings (SSSR count). The van der Waals surface area contributed by atoms with Gasteiger partial charge >= 0.3 is 12.4 Å². The molecule has 11 nitrogen and oxygen atoms in total. The number of H-pyrrole nitrogens is 1. The predicted octanol–water partition coefficient (Wildman–Crippen LogP) is 3.01. The number of nitrogens with one attached hydrogen (secondary N) is 1. The van der Waals surface area contributed by atoms with Crippen LogP contribution >= 0.6 is 0 Å². The molecule has 0 aliphatic carbocycles. The zero-order valence-corrected chi connectivity index (χ0v) is 22.1. The Balaban J connectivity index is 1.33. The van der Waals surface area contributed by atoms with Crippen molar-refractivity contribution in [2.75, 3.05) is 49.1 Å². The van der Waals surface area contributed by atoms with Crippen LogP contribution in [0.15, 0.2) is 41.5 Å². The van der Waals surface area contributed by atoms with Crippen LogP contribution in [0.4, 0.5) is 43.7 Å². The lowest BCUT2D eigenvalue weighted by molar-refractivity contribution is -0.141. The summed E-state index contributed by atoms with van der Waals surface area (Å²) in [5, 5.41) is 15.0. The molecule has 2 aliphatic heterocycles. The summed E-state index contributed by atoms with van der Waals surface area (Å²) in [6, 6.07) is 6.89. The number of alkyl halides is 6. The van der Waals surface area contributed by atoms with E-state index in [2.05, 4.69) is 15.1 Å². The average molecular weight is 609 g/mol. The fraction of sp³-hybridized carbons (Fsp3) is 0.385. The van der Waals surface area contributed by atoms with E-state index in [9.17, 15) is 41.2 Å². The van der Waals surface area contributed by atoms with Gasteiger partial charge in [-0.15, -0.1) is 0 Å². The van der Waals surface area contributed by atoms with E-state index in [1.54, 1.807) is 4.90 Å². The second kappa shape index (κ2) is 11.5. The Morgan fingerprint density at radius 3 is 2.40 bits per heavy atom. The van der Waals surface area contributed by atoms with E-state index in [4.69, 9.17) is 4.74 Å². The topological polar surface area (TPSA) is 131 Å². The number of carbonyl (C=O) groups is 1. The number of piperazine rings is 1. The fourth-order valence-corrected chi connectivity index (χ4v) is 4.90. The number of hydrogen-bond donors (Lipinski definition) is 1. The van der Waals surface area contributed by atoms with E-state index in [1.165, 1.54) is 23.1 Å². The Kier molecular flexibility index (Phi) is 7.97. The van der Waals surface area contributed by atoms with Gasteiger partial charge in [-0.1, -0.05) is 0 Å². The standard InChI is InChI=1S/C26H22F6N8O3/c27-25(28,29)17-8-22(36-37-24(17)42)40-13-20(43-19-2-1-15(9-33)7-18(19)40)16(14-41)12-38-3-5-39(6-4-38)23-11-34-21(10-35-23)26(30,31)32/h1-2,7-8,10-11,14,16,20H,3-6,12-13H2,(H,37,42)/t16?,20-/m0/s1. The van der Waals surface area contributed by atoms with Crippen LogP contribution in [0.2, 0.25) is 0 Å². The zero-order valence-electron chi connectivity index (χ0n) is 22.1. The summed E-state index contributed by atoms with van der Waals surface area (Å²) in [7, 11) is 0. The molecule has 3 aromatic rings. The van der Waals surface area contributed by atoms with E-state index in [0.717, 1.165) is 6.20 Å². The van der Waals surface area contributed by atoms with E-state index >= 15 is 0 Å². The van der Waals surface area contributed by atoms with Crippen molar-refractivity contribution in [3.63, 3.8) is 0 Å². The molecule has 17 heteroatoms. The Hall–Kier alpha value is -4.72. The lowest BCUT2D eigenvalue weighted by Gasteiger charge is -2.40. The number of halogens is 6. The van der Waals surface area contributed by atoms with Gasteiger partial charge in [0.15, 0.2) is 11.5 Å². The van der Waals surface area contributed by atoms with Crippen molar-refractivity contribution in [1.29, 1.82) is 5.26 Å². The molecule has 43 heavy (non-hydrogen) atoms. The van der Waals surface area contributed by atoms with Gasteiger partial charge in [0, 0.05) is 38.8 Å². The summed E-state index contributed by atoms with van der Waals surface area (Å²) in [5.74, 6) is -0.527. The average Bonchev–Trinajstić information content (AvgIpc) is 2.98. The molecule has 1 N–H and O–H groups in total. The first-order valence-corrected chi connectivity index (χ1v) is 12.8. The largest absolute Gasteiger partial charge is 0.486 e. The van der Waals surface area contributed by atoms with Gasteiger partial charge in [0.25, 0.3) is 5.56 Å². The fourth-order valence-electron chi connectivity index (χ4n) is 4.90. The number of ether oxygens (including phenoxy) is 1. The van der Waals surface area contributed by atoms with Crippen molar-refractivity contribution < 1.29 is 35.9 Å². The summed E-state index contributed by atoms with van der Waals surface area (Å²) >= 11 is 0. The zero-order chi connectivity index (χ0) is 30.9. The minimum Gasteiger partial charge on any atom is -0.486 e. The van der Waals surface area contributed by atoms with Gasteiger partial charge in [0.2, 0.25) is 0 Å². The molecule has 1 unspecified atom stereocenters. The number of nitrogens with zero attached hydrogens (tertiary/aromatic N) is 7. The minimum absolute atomic E-state index is 0.122. The lowest BCUT2D eigenvalue weighted by Crippen LogP contribution is -2.52. The van der Waals surface area contributed by atoms with Crippen LogP contribution in [0.25, 0.3) is 0 Å². The Labute approximate surface area is 239 Å². The number of nitriles is 1. The summed E-state index contributed by atoms with van der Waals surface area (Å²) in [6.07, 6.45) is -7.98. The predicted molar refractivity (Wildman–Crippen MR) is 138 cm³/mol. The van der Waals surface area contributed by atoms with E-state index in [-0.39, 0.29) is 41.7 Å². The molecule has 1 aromatic carbocycles. The number of anilines is 3. The smallest absolute Gasteiger partial charge is 0.434 e. The molecule has 226 valence electrons. The minimum atomic E-state index is -4.95. The maximum atomic E-state index is 13.5. The molecule has 0 bridgehead atoms. The third-order valence-corrected chi connectivity index (χ3v) is 7.14. The van der Waals surface area contributed by atoms with Gasteiger partial charge in [0.05, 0.1) is 42.2 Å². The van der Waals surface area contributed by atoms with Crippen LogP contribution in [0.5, 0.6) is 5.75 Å². The first-order valence-electron chi connectivity index (χ1n) is 12.8. The molecule has 4 heterocycles. The van der Waals surface area contributed by atoms with Gasteiger partial charge in [-0.25, -0.2) is 15.1 Å². The second-order valence-corrected chi connectivity index (χ2v) is 9.87. The molecule has 2 aromatic heterocycles. The molecule has 1 saturated heterocycles. The highest BCUT2D eigenvalue weighted by Crippen LogP contribution is 2.40. The quantitative estimate of drug-likeness (QED) is 0.329. The van der Waals surface area contributed by atoms with Crippen molar-refractivity contribution in [2.24, 2.45) is 5.92 Å². The Bertz CT molecular complexity index is 1580. The van der Waals surface area contributed by atoms with Crippen LogP contribution in [-0.2, 0) is 17.1 Å². The molecule has 0 spiro atoms. The summed E-state index contributed by atoms with van der Waals surface area (Å²) in [5.41, 5.74) is -3.53. The number of carbonyl (C=O) groups excluding carboxylic acids is 1. The van der Waals surface area contributed by atoms with Crippen LogP contribution in [0.1, 0.15) is 16.8 Å². The van der Waals surface area contributed by atoms with Crippen molar-refractivity contribution in [3.8, 4) is 11.8 Å². The van der Waals surface area contributed by atoms with Gasteiger partial charge < -0.3 is 19.3 Å². The van der Waals surface area contributed by atoms with Gasteiger partial charge in [0.1, 0.15) is 29.5 Å². The van der Waals surface area contributed by atoms with Crippen molar-refractivity contribution in [3.05, 3.63) is 63.8 Å². The molecule has 0 radical (unpaired) electrons. The number of aldehydes is 1. The first-order chi connectivity index (χ1) is 20.4. The van der Waals surface area contributed by atoms with E-state index < -0.39 is 41.2 Å². The maximum Gasteiger partial charge on any atom is 0.434 e. The SMILES string of the molecule is N#Cc1ccc2c(c1)N(c1cc(C(F)(F)F)c(=O)[nH]n1)C[C@@H](C(C=O)CN1CCN(c3cnc(C(F)(F)F)cn3)CC1)O2. The second-order valence-electron chi connectivity index (χ2n) is 9.87. The molecular weight excluding hydrogens is 586 g/mol. The molecule has 2 aliphatic rings. The highest BCUT2D eigenvalue weighted by atomic mass is 19.4. The Morgan fingerprint density at radius 1 is 1.05 bits per heavy atom. The normalized spacial score (nSPS) is 18.4. The van der Waals surface area contributed by atoms with Crippen LogP contribution in [-0.4, -0.2) is 76.7 Å². The molecule has 1 fully saturated rings. The van der Waals surface area contributed by atoms with Crippen molar-refractivity contribution >= 4 is 23.6 Å². The van der Waals surface area contributed by atoms with Crippen LogP contribution < -0.4 is 20.1 Å². The van der Waals surface area contributed by atoms with Gasteiger partial charge in [-0.05, 0) is 18.2 Å². The third-order valence-electron chi connectivity index (χ3n) is 7.14. The van der Waals surface area contributed by atoms with Gasteiger partial charge in [-0.2, -0.15) is 36.7 Å². The number of rotatable bonds is 6. The summed E-state index contributed by atoms with van der Waals surface area (Å²) in [4.78, 5) is 36.5.